The Hall–Kier alpha value is -3.33. The molecule has 33 heavy (non-hydrogen) atoms. The molecule has 0 bridgehead atoms. The molecule has 0 radical (unpaired) electrons. The van der Waals surface area contributed by atoms with E-state index < -0.39 is 17.9 Å². The van der Waals surface area contributed by atoms with Crippen LogP contribution in [0.2, 0.25) is 0 Å². The van der Waals surface area contributed by atoms with Gasteiger partial charge in [-0.1, -0.05) is 19.1 Å². The number of nitrogens with one attached hydrogen (secondary N) is 2. The molecule has 0 saturated heterocycles. The average Bonchev–Trinajstić information content (AvgIpc) is 3.35. The molecule has 0 spiro atoms. The molecule has 2 heterocycles. The molecule has 0 aliphatic heterocycles. The van der Waals surface area contributed by atoms with Gasteiger partial charge in [0, 0.05) is 10.3 Å². The van der Waals surface area contributed by atoms with Gasteiger partial charge in [0.25, 0.3) is 11.8 Å². The van der Waals surface area contributed by atoms with Crippen LogP contribution in [0.1, 0.15) is 58.5 Å². The molecule has 2 N–H and O–H groups in total. The molecular weight excluding hydrogens is 444 g/mol. The molecule has 1 aliphatic carbocycles. The van der Waals surface area contributed by atoms with Gasteiger partial charge in [-0.05, 0) is 56.7 Å². The van der Waals surface area contributed by atoms with Crippen LogP contribution in [0.5, 0.6) is 5.75 Å². The van der Waals surface area contributed by atoms with E-state index in [0.717, 1.165) is 28.7 Å². The van der Waals surface area contributed by atoms with Gasteiger partial charge in [-0.3, -0.25) is 14.9 Å². The van der Waals surface area contributed by atoms with Crippen LogP contribution < -0.4 is 15.4 Å². The second kappa shape index (κ2) is 9.66. The summed E-state index contributed by atoms with van der Waals surface area (Å²) < 4.78 is 16.2. The zero-order valence-electron chi connectivity index (χ0n) is 18.8. The molecule has 8 nitrogen and oxygen atoms in total. The SMILES string of the molecule is CCOC(=O)NC(=O)c1c(NC(=O)c2cc3cccc(OCC)c3o2)sc2c1CCC(C)C2. The Morgan fingerprint density at radius 3 is 2.76 bits per heavy atom. The Labute approximate surface area is 195 Å². The molecule has 1 unspecified atom stereocenters. The highest BCUT2D eigenvalue weighted by molar-refractivity contribution is 7.17. The Balaban J connectivity index is 1.65. The number of hydrogen-bond donors (Lipinski definition) is 2. The number of fused-ring (bicyclic) bond motifs is 2. The third kappa shape index (κ3) is 4.73. The normalized spacial score (nSPS) is 15.1. The lowest BCUT2D eigenvalue weighted by Crippen LogP contribution is -2.32. The summed E-state index contributed by atoms with van der Waals surface area (Å²) >= 11 is 1.36. The van der Waals surface area contributed by atoms with E-state index in [1.54, 1.807) is 19.1 Å². The standard InChI is InChI=1S/C24H26N2O6S/c1-4-30-16-8-6-7-14-12-17(32-20(14)16)21(27)25-23-19(22(28)26-24(29)31-5-2)15-10-9-13(3)11-18(15)33-23/h6-8,12-13H,4-5,9-11H2,1-3H3,(H,25,27)(H,26,28,29). The molecule has 2 aromatic heterocycles. The van der Waals surface area contributed by atoms with Crippen molar-refractivity contribution in [1.29, 1.82) is 0 Å². The highest BCUT2D eigenvalue weighted by Gasteiger charge is 2.30. The number of ether oxygens (including phenoxy) is 2. The van der Waals surface area contributed by atoms with E-state index in [9.17, 15) is 14.4 Å². The smallest absolute Gasteiger partial charge is 0.414 e. The molecule has 1 atom stereocenters. The van der Waals surface area contributed by atoms with E-state index >= 15 is 0 Å². The first-order chi connectivity index (χ1) is 15.9. The number of furan rings is 1. The number of carbonyl (C=O) groups is 3. The van der Waals surface area contributed by atoms with Crippen molar-refractivity contribution in [2.75, 3.05) is 18.5 Å². The van der Waals surface area contributed by atoms with Crippen LogP contribution >= 0.6 is 11.3 Å². The number of para-hydroxylation sites is 1. The summed E-state index contributed by atoms with van der Waals surface area (Å²) in [5, 5.41) is 6.22. The highest BCUT2D eigenvalue weighted by atomic mass is 32.1. The first-order valence-corrected chi connectivity index (χ1v) is 11.8. The Kier molecular flexibility index (Phi) is 6.69. The topological polar surface area (TPSA) is 107 Å². The fraction of sp³-hybridized carbons (Fsp3) is 0.375. The molecule has 1 aromatic carbocycles. The number of amides is 3. The van der Waals surface area contributed by atoms with E-state index in [0.29, 0.717) is 40.8 Å². The van der Waals surface area contributed by atoms with Crippen molar-refractivity contribution in [3.63, 3.8) is 0 Å². The third-order valence-electron chi connectivity index (χ3n) is 5.49. The van der Waals surface area contributed by atoms with Crippen molar-refractivity contribution < 1.29 is 28.3 Å². The van der Waals surface area contributed by atoms with E-state index in [1.807, 2.05) is 19.1 Å². The Morgan fingerprint density at radius 1 is 1.18 bits per heavy atom. The van der Waals surface area contributed by atoms with Gasteiger partial charge >= 0.3 is 6.09 Å². The van der Waals surface area contributed by atoms with Crippen molar-refractivity contribution in [2.45, 2.75) is 40.0 Å². The molecule has 4 rings (SSSR count). The van der Waals surface area contributed by atoms with E-state index in [2.05, 4.69) is 17.6 Å². The van der Waals surface area contributed by atoms with Crippen molar-refractivity contribution in [1.82, 2.24) is 5.32 Å². The van der Waals surface area contributed by atoms with Crippen LogP contribution in [0.3, 0.4) is 0 Å². The first-order valence-electron chi connectivity index (χ1n) is 11.0. The maximum absolute atomic E-state index is 13.1. The minimum absolute atomic E-state index is 0.105. The van der Waals surface area contributed by atoms with Crippen LogP contribution in [0.15, 0.2) is 28.7 Å². The van der Waals surface area contributed by atoms with Gasteiger partial charge in [-0.25, -0.2) is 4.79 Å². The summed E-state index contributed by atoms with van der Waals surface area (Å²) in [7, 11) is 0. The van der Waals surface area contributed by atoms with Crippen molar-refractivity contribution >= 4 is 45.2 Å². The van der Waals surface area contributed by atoms with Gasteiger partial charge < -0.3 is 19.2 Å². The molecule has 174 valence electrons. The lowest BCUT2D eigenvalue weighted by Gasteiger charge is -2.18. The fourth-order valence-electron chi connectivity index (χ4n) is 3.98. The Morgan fingerprint density at radius 2 is 2.00 bits per heavy atom. The summed E-state index contributed by atoms with van der Waals surface area (Å²) in [6, 6.07) is 7.09. The molecule has 3 amide bonds. The zero-order chi connectivity index (χ0) is 23.5. The van der Waals surface area contributed by atoms with Crippen molar-refractivity contribution in [3.8, 4) is 5.75 Å². The predicted molar refractivity (Wildman–Crippen MR) is 125 cm³/mol. The van der Waals surface area contributed by atoms with Crippen molar-refractivity contribution in [3.05, 3.63) is 46.0 Å². The van der Waals surface area contributed by atoms with E-state index in [4.69, 9.17) is 13.9 Å². The number of anilines is 1. The lowest BCUT2D eigenvalue weighted by atomic mass is 9.88. The van der Waals surface area contributed by atoms with Crippen LogP contribution in [-0.2, 0) is 17.6 Å². The largest absolute Gasteiger partial charge is 0.490 e. The molecule has 0 fully saturated rings. The number of carbonyl (C=O) groups excluding carboxylic acids is 3. The average molecular weight is 471 g/mol. The summed E-state index contributed by atoms with van der Waals surface area (Å²) in [5.74, 6) is 0.0790. The maximum Gasteiger partial charge on any atom is 0.414 e. The number of hydrogen-bond acceptors (Lipinski definition) is 7. The number of alkyl carbamates (subject to hydrolysis) is 1. The summed E-state index contributed by atoms with van der Waals surface area (Å²) in [4.78, 5) is 38.9. The highest BCUT2D eigenvalue weighted by Crippen LogP contribution is 2.40. The van der Waals surface area contributed by atoms with Gasteiger partial charge in [0.05, 0.1) is 18.8 Å². The summed E-state index contributed by atoms with van der Waals surface area (Å²) in [6.45, 7) is 6.31. The van der Waals surface area contributed by atoms with E-state index in [-0.39, 0.29) is 12.4 Å². The molecule has 0 saturated carbocycles. The third-order valence-corrected chi connectivity index (χ3v) is 6.66. The fourth-order valence-corrected chi connectivity index (χ4v) is 5.39. The maximum atomic E-state index is 13.1. The van der Waals surface area contributed by atoms with Crippen LogP contribution in [-0.4, -0.2) is 31.1 Å². The first kappa shape index (κ1) is 22.8. The molecule has 3 aromatic rings. The number of thiophene rings is 1. The van der Waals surface area contributed by atoms with Crippen LogP contribution in [0.25, 0.3) is 11.0 Å². The second-order valence-corrected chi connectivity index (χ2v) is 9.01. The van der Waals surface area contributed by atoms with E-state index in [1.165, 1.54) is 11.3 Å². The predicted octanol–water partition coefficient (Wildman–Crippen LogP) is 5.16. The van der Waals surface area contributed by atoms with Gasteiger partial charge in [-0.15, -0.1) is 11.3 Å². The van der Waals surface area contributed by atoms with Gasteiger partial charge in [-0.2, -0.15) is 0 Å². The monoisotopic (exact) mass is 470 g/mol. The summed E-state index contributed by atoms with van der Waals surface area (Å²) in [6.07, 6.45) is 1.64. The van der Waals surface area contributed by atoms with Crippen molar-refractivity contribution in [2.24, 2.45) is 5.92 Å². The van der Waals surface area contributed by atoms with Gasteiger partial charge in [0.2, 0.25) is 0 Å². The summed E-state index contributed by atoms with van der Waals surface area (Å²) in [5.41, 5.74) is 1.68. The zero-order valence-corrected chi connectivity index (χ0v) is 19.6. The number of imide groups is 1. The molecular formula is C24H26N2O6S. The van der Waals surface area contributed by atoms with Crippen LogP contribution in [0, 0.1) is 5.92 Å². The van der Waals surface area contributed by atoms with Crippen LogP contribution in [0.4, 0.5) is 9.80 Å². The van der Waals surface area contributed by atoms with Gasteiger partial charge in [0.1, 0.15) is 5.00 Å². The second-order valence-electron chi connectivity index (χ2n) is 7.90. The Bertz CT molecular complexity index is 1210. The lowest BCUT2D eigenvalue weighted by molar-refractivity contribution is 0.0925. The minimum atomic E-state index is -0.815. The molecule has 1 aliphatic rings. The van der Waals surface area contributed by atoms with Gasteiger partial charge in [0.15, 0.2) is 17.1 Å². The minimum Gasteiger partial charge on any atom is -0.490 e. The molecule has 9 heteroatoms. The quantitative estimate of drug-likeness (QED) is 0.516. The number of benzene rings is 1. The number of rotatable bonds is 6.